The van der Waals surface area contributed by atoms with Gasteiger partial charge in [0.25, 0.3) is 0 Å². The molecule has 4 rings (SSSR count). The second-order valence-electron chi connectivity index (χ2n) is 6.64. The Balaban J connectivity index is 1.58. The van der Waals surface area contributed by atoms with E-state index in [0.717, 1.165) is 34.9 Å². The Labute approximate surface area is 168 Å². The van der Waals surface area contributed by atoms with Crippen molar-refractivity contribution >= 4 is 47.0 Å². The predicted octanol–water partition coefficient (Wildman–Crippen LogP) is 4.93. The van der Waals surface area contributed by atoms with Crippen LogP contribution in [0.3, 0.4) is 0 Å². The molecular formula is C20H21ClN4OS. The van der Waals surface area contributed by atoms with E-state index in [1.807, 2.05) is 18.2 Å². The number of anilines is 2. The van der Waals surface area contributed by atoms with Crippen LogP contribution in [0.15, 0.2) is 46.5 Å². The zero-order chi connectivity index (χ0) is 18.8. The first kappa shape index (κ1) is 18.3. The monoisotopic (exact) mass is 400 g/mol. The Morgan fingerprint density at radius 3 is 2.81 bits per heavy atom. The quantitative estimate of drug-likeness (QED) is 0.698. The fraction of sp³-hybridized carbons (Fsp3) is 0.350. The lowest BCUT2D eigenvalue weighted by Crippen LogP contribution is -2.41. The molecular weight excluding hydrogens is 380 g/mol. The first-order chi connectivity index (χ1) is 13.2. The van der Waals surface area contributed by atoms with Gasteiger partial charge in [0.1, 0.15) is 16.3 Å². The van der Waals surface area contributed by atoms with E-state index in [2.05, 4.69) is 17.2 Å². The second-order valence-corrected chi connectivity index (χ2v) is 8.21. The molecule has 1 aromatic heterocycles. The fourth-order valence-corrected chi connectivity index (χ4v) is 4.78. The summed E-state index contributed by atoms with van der Waals surface area (Å²) in [6.07, 6.45) is 6.96. The molecule has 0 fully saturated rings. The Hall–Kier alpha value is -2.05. The summed E-state index contributed by atoms with van der Waals surface area (Å²) in [5.74, 6) is 0.0252. The van der Waals surface area contributed by atoms with E-state index < -0.39 is 0 Å². The van der Waals surface area contributed by atoms with Crippen LogP contribution in [0.4, 0.5) is 11.4 Å². The van der Waals surface area contributed by atoms with Crippen LogP contribution in [0.1, 0.15) is 37.8 Å². The highest BCUT2D eigenvalue weighted by molar-refractivity contribution is 8.01. The van der Waals surface area contributed by atoms with E-state index in [4.69, 9.17) is 16.6 Å². The van der Waals surface area contributed by atoms with Crippen LogP contribution >= 0.6 is 23.4 Å². The van der Waals surface area contributed by atoms with Crippen molar-refractivity contribution in [3.8, 4) is 0 Å². The van der Waals surface area contributed by atoms with E-state index in [1.54, 1.807) is 29.6 Å². The maximum absolute atomic E-state index is 13.1. The summed E-state index contributed by atoms with van der Waals surface area (Å²) < 4.78 is 0. The highest BCUT2D eigenvalue weighted by Gasteiger charge is 2.44. The van der Waals surface area contributed by atoms with Crippen molar-refractivity contribution in [1.29, 1.82) is 0 Å². The van der Waals surface area contributed by atoms with Gasteiger partial charge in [-0.3, -0.25) is 14.7 Å². The number of pyridine rings is 1. The summed E-state index contributed by atoms with van der Waals surface area (Å²) in [5, 5.41) is 4.76. The molecule has 2 atom stereocenters. The Morgan fingerprint density at radius 1 is 1.22 bits per heavy atom. The number of rotatable bonds is 6. The van der Waals surface area contributed by atoms with Gasteiger partial charge in [0, 0.05) is 34.7 Å². The molecule has 27 heavy (non-hydrogen) atoms. The smallest absolute Gasteiger partial charge is 0.248 e. The molecule has 1 aromatic carbocycles. The number of hydrogen-bond donors (Lipinski definition) is 1. The minimum absolute atomic E-state index is 0.0252. The van der Waals surface area contributed by atoms with E-state index in [9.17, 15) is 4.79 Å². The molecule has 1 amide bonds. The first-order valence-corrected chi connectivity index (χ1v) is 10.5. The van der Waals surface area contributed by atoms with Gasteiger partial charge in [0.15, 0.2) is 0 Å². The van der Waals surface area contributed by atoms with Gasteiger partial charge in [-0.05, 0) is 36.8 Å². The first-order valence-electron chi connectivity index (χ1n) is 9.20. The van der Waals surface area contributed by atoms with Crippen LogP contribution in [0.2, 0.25) is 5.02 Å². The molecule has 0 saturated heterocycles. The summed E-state index contributed by atoms with van der Waals surface area (Å²) in [7, 11) is 0. The molecule has 2 aliphatic heterocycles. The standard InChI is InChI=1S/C20H21ClN4OS/c1-2-3-4-10-22-15-9-11-23-19-16(15)17-18(27-19)20(26)25(12-24-17)14-7-5-13(21)6-8-14/h5-9,11-12,17-18H,2-4,10H2,1H3,(H,22,23). The van der Waals surface area contributed by atoms with Crippen molar-refractivity contribution in [1.82, 2.24) is 4.98 Å². The maximum atomic E-state index is 13.1. The summed E-state index contributed by atoms with van der Waals surface area (Å²) >= 11 is 7.46. The van der Waals surface area contributed by atoms with Gasteiger partial charge < -0.3 is 5.32 Å². The predicted molar refractivity (Wildman–Crippen MR) is 112 cm³/mol. The van der Waals surface area contributed by atoms with E-state index >= 15 is 0 Å². The number of nitrogens with one attached hydrogen (secondary N) is 1. The number of thioether (sulfide) groups is 1. The summed E-state index contributed by atoms with van der Waals surface area (Å²) in [6.45, 7) is 3.11. The third kappa shape index (κ3) is 3.56. The molecule has 0 spiro atoms. The summed E-state index contributed by atoms with van der Waals surface area (Å²) in [4.78, 5) is 23.9. The Kier molecular flexibility index (Phi) is 5.36. The lowest BCUT2D eigenvalue weighted by molar-refractivity contribution is -0.117. The molecule has 2 aliphatic rings. The van der Waals surface area contributed by atoms with Crippen molar-refractivity contribution < 1.29 is 4.79 Å². The number of unbranched alkanes of at least 4 members (excludes halogenated alkanes) is 2. The molecule has 0 radical (unpaired) electrons. The zero-order valence-corrected chi connectivity index (χ0v) is 16.6. The third-order valence-corrected chi connectivity index (χ3v) is 6.31. The average molecular weight is 401 g/mol. The van der Waals surface area contributed by atoms with Gasteiger partial charge in [0.2, 0.25) is 5.91 Å². The molecule has 5 nitrogen and oxygen atoms in total. The van der Waals surface area contributed by atoms with Crippen LogP contribution in [0.5, 0.6) is 0 Å². The number of halogens is 1. The number of aliphatic imine (C=N–C) groups is 1. The van der Waals surface area contributed by atoms with Crippen LogP contribution in [0, 0.1) is 0 Å². The van der Waals surface area contributed by atoms with Crippen molar-refractivity contribution in [3.63, 3.8) is 0 Å². The van der Waals surface area contributed by atoms with Crippen LogP contribution in [0.25, 0.3) is 0 Å². The van der Waals surface area contributed by atoms with Gasteiger partial charge >= 0.3 is 0 Å². The van der Waals surface area contributed by atoms with Crippen LogP contribution in [-0.4, -0.2) is 29.0 Å². The SMILES string of the molecule is CCCCCNc1ccnc2c1C1N=CN(c3ccc(Cl)cc3)C(=O)C1S2. The molecule has 7 heteroatoms. The zero-order valence-electron chi connectivity index (χ0n) is 15.1. The minimum Gasteiger partial charge on any atom is -0.385 e. The number of fused-ring (bicyclic) bond motifs is 3. The van der Waals surface area contributed by atoms with Gasteiger partial charge in [-0.25, -0.2) is 4.98 Å². The average Bonchev–Trinajstić information content (AvgIpc) is 3.07. The Bertz CT molecular complexity index is 871. The number of amides is 1. The lowest BCUT2D eigenvalue weighted by Gasteiger charge is -2.28. The Morgan fingerprint density at radius 2 is 2.04 bits per heavy atom. The fourth-order valence-electron chi connectivity index (χ4n) is 3.39. The maximum Gasteiger partial charge on any atom is 0.248 e. The van der Waals surface area contributed by atoms with Gasteiger partial charge in [-0.15, -0.1) is 0 Å². The van der Waals surface area contributed by atoms with Crippen molar-refractivity contribution in [2.45, 2.75) is 42.5 Å². The number of carbonyl (C=O) groups excluding carboxylic acids is 1. The van der Waals surface area contributed by atoms with E-state index in [0.29, 0.717) is 5.02 Å². The van der Waals surface area contributed by atoms with Gasteiger partial charge in [-0.1, -0.05) is 43.1 Å². The number of benzene rings is 1. The molecule has 3 heterocycles. The number of aromatic nitrogens is 1. The van der Waals surface area contributed by atoms with Crippen molar-refractivity contribution in [3.05, 3.63) is 47.1 Å². The van der Waals surface area contributed by atoms with Gasteiger partial charge in [0.05, 0.1) is 6.34 Å². The highest BCUT2D eigenvalue weighted by atomic mass is 35.5. The van der Waals surface area contributed by atoms with Crippen LogP contribution in [-0.2, 0) is 4.79 Å². The topological polar surface area (TPSA) is 57.6 Å². The number of nitrogens with zero attached hydrogens (tertiary/aromatic N) is 3. The largest absolute Gasteiger partial charge is 0.385 e. The third-order valence-electron chi connectivity index (χ3n) is 4.80. The van der Waals surface area contributed by atoms with Crippen LogP contribution < -0.4 is 10.2 Å². The van der Waals surface area contributed by atoms with Crippen molar-refractivity contribution in [2.24, 2.45) is 4.99 Å². The molecule has 0 bridgehead atoms. The second kappa shape index (κ2) is 7.90. The molecule has 0 aliphatic carbocycles. The lowest BCUT2D eigenvalue weighted by atomic mass is 10.0. The van der Waals surface area contributed by atoms with Crippen molar-refractivity contribution in [2.75, 3.05) is 16.8 Å². The number of carbonyl (C=O) groups is 1. The normalized spacial score (nSPS) is 20.5. The molecule has 0 saturated carbocycles. The molecule has 2 aromatic rings. The summed E-state index contributed by atoms with van der Waals surface area (Å²) in [5.41, 5.74) is 2.86. The minimum atomic E-state index is -0.285. The highest BCUT2D eigenvalue weighted by Crippen LogP contribution is 2.50. The number of hydrogen-bond acceptors (Lipinski definition) is 5. The van der Waals surface area contributed by atoms with Gasteiger partial charge in [-0.2, -0.15) is 0 Å². The molecule has 2 unspecified atom stereocenters. The molecule has 1 N–H and O–H groups in total. The summed E-state index contributed by atoms with van der Waals surface area (Å²) in [6, 6.07) is 9.01. The molecule has 140 valence electrons. The van der Waals surface area contributed by atoms with E-state index in [1.165, 1.54) is 24.6 Å². The van der Waals surface area contributed by atoms with E-state index in [-0.39, 0.29) is 17.2 Å².